The van der Waals surface area contributed by atoms with Crippen molar-refractivity contribution < 1.29 is 4.79 Å². The minimum Gasteiger partial charge on any atom is -0.354 e. The van der Waals surface area contributed by atoms with Crippen LogP contribution in [0.25, 0.3) is 0 Å². The summed E-state index contributed by atoms with van der Waals surface area (Å²) in [5, 5.41) is 5.77. The van der Waals surface area contributed by atoms with Gasteiger partial charge in [0.05, 0.1) is 6.54 Å². The molecule has 94 valence electrons. The SMILES string of the molecule is CNCCNC(=O)CNSc1ccc(C)cc1. The van der Waals surface area contributed by atoms with Gasteiger partial charge >= 0.3 is 0 Å². The van der Waals surface area contributed by atoms with E-state index < -0.39 is 0 Å². The second-order valence-corrected chi connectivity index (χ2v) is 4.65. The van der Waals surface area contributed by atoms with Crippen molar-refractivity contribution in [1.29, 1.82) is 0 Å². The molecule has 1 aromatic rings. The second kappa shape index (κ2) is 8.11. The van der Waals surface area contributed by atoms with Gasteiger partial charge in [-0.05, 0) is 38.1 Å². The fourth-order valence-corrected chi connectivity index (χ4v) is 1.82. The van der Waals surface area contributed by atoms with Crippen molar-refractivity contribution in [3.8, 4) is 0 Å². The summed E-state index contributed by atoms with van der Waals surface area (Å²) in [6.45, 7) is 3.82. The van der Waals surface area contributed by atoms with Crippen LogP contribution in [0.1, 0.15) is 5.56 Å². The van der Waals surface area contributed by atoms with Crippen molar-refractivity contribution in [2.45, 2.75) is 11.8 Å². The zero-order valence-electron chi connectivity index (χ0n) is 10.2. The van der Waals surface area contributed by atoms with E-state index in [0.29, 0.717) is 13.1 Å². The Morgan fingerprint density at radius 3 is 2.59 bits per heavy atom. The fourth-order valence-electron chi connectivity index (χ4n) is 1.18. The molecule has 1 aromatic carbocycles. The van der Waals surface area contributed by atoms with Crippen molar-refractivity contribution in [2.75, 3.05) is 26.7 Å². The summed E-state index contributed by atoms with van der Waals surface area (Å²) in [4.78, 5) is 12.5. The van der Waals surface area contributed by atoms with E-state index in [1.165, 1.54) is 17.5 Å². The molecule has 4 nitrogen and oxygen atoms in total. The van der Waals surface area contributed by atoms with E-state index in [1.807, 2.05) is 19.2 Å². The zero-order valence-corrected chi connectivity index (χ0v) is 11.1. The maximum atomic E-state index is 11.3. The van der Waals surface area contributed by atoms with Gasteiger partial charge in [0.1, 0.15) is 0 Å². The molecule has 0 aliphatic heterocycles. The molecule has 0 radical (unpaired) electrons. The van der Waals surface area contributed by atoms with Crippen LogP contribution in [0.2, 0.25) is 0 Å². The van der Waals surface area contributed by atoms with Gasteiger partial charge < -0.3 is 10.6 Å². The lowest BCUT2D eigenvalue weighted by Crippen LogP contribution is -2.35. The van der Waals surface area contributed by atoms with E-state index in [0.717, 1.165) is 11.4 Å². The standard InChI is InChI=1S/C12H19N3OS/c1-10-3-5-11(6-4-10)17-15-9-12(16)14-8-7-13-2/h3-6,13,15H,7-9H2,1-2H3,(H,14,16). The number of aryl methyl sites for hydroxylation is 1. The quantitative estimate of drug-likeness (QED) is 0.500. The highest BCUT2D eigenvalue weighted by molar-refractivity contribution is 7.97. The van der Waals surface area contributed by atoms with Crippen LogP contribution in [0.3, 0.4) is 0 Å². The first kappa shape index (κ1) is 14.0. The molecule has 0 unspecified atom stereocenters. The number of carbonyl (C=O) groups excluding carboxylic acids is 1. The highest BCUT2D eigenvalue weighted by atomic mass is 32.2. The van der Waals surface area contributed by atoms with Crippen LogP contribution in [0.4, 0.5) is 0 Å². The van der Waals surface area contributed by atoms with E-state index in [-0.39, 0.29) is 5.91 Å². The Balaban J connectivity index is 2.14. The maximum absolute atomic E-state index is 11.3. The summed E-state index contributed by atoms with van der Waals surface area (Å²) in [5.41, 5.74) is 1.24. The van der Waals surface area contributed by atoms with Crippen LogP contribution in [-0.4, -0.2) is 32.6 Å². The van der Waals surface area contributed by atoms with Crippen LogP contribution >= 0.6 is 11.9 Å². The first-order chi connectivity index (χ1) is 8.22. The molecule has 0 heterocycles. The van der Waals surface area contributed by atoms with Gasteiger partial charge in [0.25, 0.3) is 0 Å². The van der Waals surface area contributed by atoms with Crippen LogP contribution in [0, 0.1) is 6.92 Å². The second-order valence-electron chi connectivity index (χ2n) is 3.69. The van der Waals surface area contributed by atoms with Gasteiger partial charge in [-0.15, -0.1) is 0 Å². The molecule has 0 atom stereocenters. The van der Waals surface area contributed by atoms with Crippen LogP contribution in [0.15, 0.2) is 29.2 Å². The molecule has 0 bridgehead atoms. The monoisotopic (exact) mass is 253 g/mol. The highest BCUT2D eigenvalue weighted by Gasteiger charge is 1.99. The zero-order chi connectivity index (χ0) is 12.5. The third-order valence-corrected chi connectivity index (χ3v) is 2.94. The first-order valence-corrected chi connectivity index (χ1v) is 6.41. The Labute approximate surface area is 107 Å². The molecule has 0 aliphatic carbocycles. The van der Waals surface area contributed by atoms with Crippen molar-refractivity contribution in [1.82, 2.24) is 15.4 Å². The van der Waals surface area contributed by atoms with Gasteiger partial charge in [0.15, 0.2) is 0 Å². The number of rotatable bonds is 7. The fraction of sp³-hybridized carbons (Fsp3) is 0.417. The van der Waals surface area contributed by atoms with Gasteiger partial charge in [-0.1, -0.05) is 17.7 Å². The molecule has 3 N–H and O–H groups in total. The van der Waals surface area contributed by atoms with Gasteiger partial charge in [0.2, 0.25) is 5.91 Å². The summed E-state index contributed by atoms with van der Waals surface area (Å²) in [5.74, 6) is 0.0138. The maximum Gasteiger partial charge on any atom is 0.234 e. The molecule has 0 fully saturated rings. The van der Waals surface area contributed by atoms with Gasteiger partial charge in [-0.25, -0.2) is 0 Å². The summed E-state index contributed by atoms with van der Waals surface area (Å²) in [6, 6.07) is 8.17. The van der Waals surface area contributed by atoms with Crippen molar-refractivity contribution in [3.63, 3.8) is 0 Å². The predicted molar refractivity (Wildman–Crippen MR) is 72.0 cm³/mol. The molecule has 1 amide bonds. The van der Waals surface area contributed by atoms with Crippen molar-refractivity contribution in [2.24, 2.45) is 0 Å². The van der Waals surface area contributed by atoms with Crippen LogP contribution in [-0.2, 0) is 4.79 Å². The molecule has 1 rings (SSSR count). The Morgan fingerprint density at radius 2 is 1.94 bits per heavy atom. The summed E-state index contributed by atoms with van der Waals surface area (Å²) in [6.07, 6.45) is 0. The predicted octanol–water partition coefficient (Wildman–Crippen LogP) is 0.927. The highest BCUT2D eigenvalue weighted by Crippen LogP contribution is 2.14. The Hall–Kier alpha value is -1.04. The molecule has 0 saturated carbocycles. The van der Waals surface area contributed by atoms with E-state index in [1.54, 1.807) is 0 Å². The first-order valence-electron chi connectivity index (χ1n) is 5.60. The number of hydrogen-bond acceptors (Lipinski definition) is 4. The lowest BCUT2D eigenvalue weighted by atomic mass is 10.2. The Kier molecular flexibility index (Phi) is 6.69. The van der Waals surface area contributed by atoms with Gasteiger partial charge in [0, 0.05) is 18.0 Å². The minimum atomic E-state index is 0.0138. The van der Waals surface area contributed by atoms with E-state index in [9.17, 15) is 4.79 Å². The Morgan fingerprint density at radius 1 is 1.24 bits per heavy atom. The number of nitrogens with one attached hydrogen (secondary N) is 3. The third-order valence-electron chi connectivity index (χ3n) is 2.14. The molecule has 0 spiro atoms. The average molecular weight is 253 g/mol. The number of benzene rings is 1. The van der Waals surface area contributed by atoms with Crippen molar-refractivity contribution in [3.05, 3.63) is 29.8 Å². The van der Waals surface area contributed by atoms with E-state index >= 15 is 0 Å². The van der Waals surface area contributed by atoms with Crippen LogP contribution in [0.5, 0.6) is 0 Å². The molecular formula is C12H19N3OS. The molecule has 0 aromatic heterocycles. The summed E-state index contributed by atoms with van der Waals surface area (Å²) < 4.78 is 3.03. The molecular weight excluding hydrogens is 234 g/mol. The van der Waals surface area contributed by atoms with E-state index in [4.69, 9.17) is 0 Å². The van der Waals surface area contributed by atoms with Crippen LogP contribution < -0.4 is 15.4 Å². The third kappa shape index (κ3) is 6.31. The summed E-state index contributed by atoms with van der Waals surface area (Å²) >= 11 is 1.47. The van der Waals surface area contributed by atoms with E-state index in [2.05, 4.69) is 34.4 Å². The molecule has 17 heavy (non-hydrogen) atoms. The molecule has 5 heteroatoms. The summed E-state index contributed by atoms with van der Waals surface area (Å²) in [7, 11) is 1.86. The smallest absolute Gasteiger partial charge is 0.234 e. The van der Waals surface area contributed by atoms with Gasteiger partial charge in [-0.3, -0.25) is 9.52 Å². The van der Waals surface area contributed by atoms with Crippen molar-refractivity contribution >= 4 is 17.9 Å². The lowest BCUT2D eigenvalue weighted by molar-refractivity contribution is -0.119. The lowest BCUT2D eigenvalue weighted by Gasteiger charge is -2.06. The topological polar surface area (TPSA) is 53.2 Å². The Bertz CT molecular complexity index is 340. The number of hydrogen-bond donors (Lipinski definition) is 3. The number of carbonyl (C=O) groups is 1. The molecule has 0 aliphatic rings. The normalized spacial score (nSPS) is 10.2. The minimum absolute atomic E-state index is 0.0138. The number of amides is 1. The molecule has 0 saturated heterocycles. The van der Waals surface area contributed by atoms with Gasteiger partial charge in [-0.2, -0.15) is 0 Å². The number of likely N-dealkylation sites (N-methyl/N-ethyl adjacent to an activating group) is 1. The average Bonchev–Trinajstić information content (AvgIpc) is 2.32. The largest absolute Gasteiger partial charge is 0.354 e.